The highest BCUT2D eigenvalue weighted by molar-refractivity contribution is 5.57. The van der Waals surface area contributed by atoms with E-state index in [1.54, 1.807) is 6.08 Å². The van der Waals surface area contributed by atoms with Crippen LogP contribution in [0.4, 0.5) is 5.82 Å². The van der Waals surface area contributed by atoms with Gasteiger partial charge in [-0.3, -0.25) is 4.57 Å². The summed E-state index contributed by atoms with van der Waals surface area (Å²) in [6.07, 6.45) is 2.90. The van der Waals surface area contributed by atoms with Gasteiger partial charge in [-0.15, -0.1) is 0 Å². The number of rotatable bonds is 2. The molecule has 0 radical (unpaired) electrons. The lowest BCUT2D eigenvalue weighted by atomic mass is 10.3. The lowest BCUT2D eigenvalue weighted by Gasteiger charge is -2.06. The van der Waals surface area contributed by atoms with Crippen LogP contribution in [0.3, 0.4) is 0 Å². The second-order valence-corrected chi connectivity index (χ2v) is 3.05. The number of nitrogens with one attached hydrogen (secondary N) is 1. The lowest BCUT2D eigenvalue weighted by molar-refractivity contribution is 0.588. The first-order valence-corrected chi connectivity index (χ1v) is 4.06. The fourth-order valence-electron chi connectivity index (χ4n) is 1.21. The number of aromatic amines is 1. The normalized spacial score (nSPS) is 11.6. The maximum absolute atomic E-state index is 11.3. The molecule has 0 saturated heterocycles. The van der Waals surface area contributed by atoms with Crippen LogP contribution in [-0.4, -0.2) is 9.55 Å². The Labute approximate surface area is 76.0 Å². The summed E-state index contributed by atoms with van der Waals surface area (Å²) in [5.74, 6) is 0.418. The Kier molecular flexibility index (Phi) is 2.46. The standard InChI is InChI=1S/C8H14N4O/c1-5(2)12-7(10)6(3-4-9)11-8(12)13/h3-5H,9-10H2,1-2H3,(H,11,13)/b4-3-. The van der Waals surface area contributed by atoms with Crippen LogP contribution in [0, 0.1) is 0 Å². The first kappa shape index (κ1) is 9.44. The molecule has 1 heterocycles. The maximum Gasteiger partial charge on any atom is 0.327 e. The monoisotopic (exact) mass is 182 g/mol. The summed E-state index contributed by atoms with van der Waals surface area (Å²) in [4.78, 5) is 13.9. The number of anilines is 1. The average Bonchev–Trinajstić information content (AvgIpc) is 2.28. The van der Waals surface area contributed by atoms with Crippen molar-refractivity contribution in [1.82, 2.24) is 9.55 Å². The van der Waals surface area contributed by atoms with Crippen LogP contribution in [0.25, 0.3) is 6.08 Å². The van der Waals surface area contributed by atoms with Crippen molar-refractivity contribution in [2.75, 3.05) is 5.73 Å². The van der Waals surface area contributed by atoms with Crippen LogP contribution in [0.15, 0.2) is 11.0 Å². The summed E-state index contributed by atoms with van der Waals surface area (Å²) < 4.78 is 1.48. The van der Waals surface area contributed by atoms with Gasteiger partial charge in [0.15, 0.2) is 0 Å². The van der Waals surface area contributed by atoms with Gasteiger partial charge in [-0.25, -0.2) is 4.79 Å². The third kappa shape index (κ3) is 1.58. The fraction of sp³-hybridized carbons (Fsp3) is 0.375. The van der Waals surface area contributed by atoms with Crippen molar-refractivity contribution in [2.24, 2.45) is 5.73 Å². The van der Waals surface area contributed by atoms with Crippen LogP contribution in [0.2, 0.25) is 0 Å². The van der Waals surface area contributed by atoms with Gasteiger partial charge in [-0.2, -0.15) is 0 Å². The molecule has 1 aromatic heterocycles. The Bertz CT molecular complexity index is 372. The molecule has 0 aromatic carbocycles. The molecule has 0 unspecified atom stereocenters. The van der Waals surface area contributed by atoms with Crippen molar-refractivity contribution in [3.63, 3.8) is 0 Å². The van der Waals surface area contributed by atoms with Gasteiger partial charge < -0.3 is 16.5 Å². The van der Waals surface area contributed by atoms with Gasteiger partial charge >= 0.3 is 5.69 Å². The molecule has 0 spiro atoms. The smallest absolute Gasteiger partial charge is 0.327 e. The molecule has 0 aliphatic carbocycles. The third-order valence-electron chi connectivity index (χ3n) is 1.78. The second kappa shape index (κ2) is 3.38. The summed E-state index contributed by atoms with van der Waals surface area (Å²) in [6, 6.07) is 0.0451. The van der Waals surface area contributed by atoms with E-state index in [1.807, 2.05) is 13.8 Å². The molecule has 0 fully saturated rings. The molecule has 0 amide bonds. The Morgan fingerprint density at radius 1 is 1.54 bits per heavy atom. The minimum absolute atomic E-state index is 0.0451. The molecule has 0 aliphatic rings. The molecule has 0 bridgehead atoms. The van der Waals surface area contributed by atoms with Crippen LogP contribution in [0.1, 0.15) is 25.6 Å². The zero-order chi connectivity index (χ0) is 10.0. The Balaban J connectivity index is 3.31. The van der Waals surface area contributed by atoms with Gasteiger partial charge in [0.2, 0.25) is 0 Å². The van der Waals surface area contributed by atoms with Crippen molar-refractivity contribution < 1.29 is 0 Å². The predicted molar refractivity (Wildman–Crippen MR) is 53.1 cm³/mol. The van der Waals surface area contributed by atoms with Gasteiger partial charge in [-0.1, -0.05) is 0 Å². The Morgan fingerprint density at radius 2 is 2.15 bits per heavy atom. The summed E-state index contributed by atoms with van der Waals surface area (Å²) in [7, 11) is 0. The van der Waals surface area contributed by atoms with Crippen molar-refractivity contribution in [2.45, 2.75) is 19.9 Å². The van der Waals surface area contributed by atoms with Crippen LogP contribution < -0.4 is 17.2 Å². The molecule has 5 nitrogen and oxygen atoms in total. The molecule has 1 aromatic rings. The molecular formula is C8H14N4O. The van der Waals surface area contributed by atoms with Gasteiger partial charge in [0.1, 0.15) is 5.82 Å². The highest BCUT2D eigenvalue weighted by atomic mass is 16.1. The van der Waals surface area contributed by atoms with Crippen molar-refractivity contribution >= 4 is 11.9 Å². The third-order valence-corrected chi connectivity index (χ3v) is 1.78. The highest BCUT2D eigenvalue weighted by Gasteiger charge is 2.10. The van der Waals surface area contributed by atoms with Crippen molar-refractivity contribution in [3.05, 3.63) is 22.4 Å². The van der Waals surface area contributed by atoms with Crippen LogP contribution in [-0.2, 0) is 0 Å². The molecule has 0 saturated carbocycles. The first-order chi connectivity index (χ1) is 6.07. The quantitative estimate of drug-likeness (QED) is 0.613. The first-order valence-electron chi connectivity index (χ1n) is 4.06. The molecule has 5 heteroatoms. The van der Waals surface area contributed by atoms with Gasteiger partial charge in [0, 0.05) is 6.04 Å². The molecular weight excluding hydrogens is 168 g/mol. The number of hydrogen-bond acceptors (Lipinski definition) is 3. The van der Waals surface area contributed by atoms with Crippen molar-refractivity contribution in [1.29, 1.82) is 0 Å². The summed E-state index contributed by atoms with van der Waals surface area (Å²) in [6.45, 7) is 3.78. The van der Waals surface area contributed by atoms with E-state index in [0.717, 1.165) is 0 Å². The summed E-state index contributed by atoms with van der Waals surface area (Å²) in [5.41, 5.74) is 11.3. The molecule has 0 atom stereocenters. The Hall–Kier alpha value is -1.65. The molecule has 0 aliphatic heterocycles. The van der Waals surface area contributed by atoms with E-state index >= 15 is 0 Å². The molecule has 13 heavy (non-hydrogen) atoms. The van der Waals surface area contributed by atoms with E-state index < -0.39 is 0 Å². The number of H-pyrrole nitrogens is 1. The van der Waals surface area contributed by atoms with E-state index in [0.29, 0.717) is 11.5 Å². The second-order valence-electron chi connectivity index (χ2n) is 3.05. The molecule has 1 rings (SSSR count). The lowest BCUT2D eigenvalue weighted by Crippen LogP contribution is -2.20. The highest BCUT2D eigenvalue weighted by Crippen LogP contribution is 2.12. The van der Waals surface area contributed by atoms with E-state index in [1.165, 1.54) is 10.8 Å². The zero-order valence-electron chi connectivity index (χ0n) is 7.74. The van der Waals surface area contributed by atoms with E-state index in [4.69, 9.17) is 11.5 Å². The van der Waals surface area contributed by atoms with Gasteiger partial charge in [0.25, 0.3) is 0 Å². The van der Waals surface area contributed by atoms with Gasteiger partial charge in [-0.05, 0) is 26.1 Å². The van der Waals surface area contributed by atoms with E-state index in [-0.39, 0.29) is 11.7 Å². The number of nitrogens with zero attached hydrogens (tertiary/aromatic N) is 1. The predicted octanol–water partition coefficient (Wildman–Crippen LogP) is 0.269. The number of hydrogen-bond donors (Lipinski definition) is 3. The SMILES string of the molecule is CC(C)n1c(N)c(/C=C\N)[nH]c1=O. The van der Waals surface area contributed by atoms with Gasteiger partial charge in [0.05, 0.1) is 5.69 Å². The molecule has 72 valence electrons. The maximum atomic E-state index is 11.3. The fourth-order valence-corrected chi connectivity index (χ4v) is 1.21. The van der Waals surface area contributed by atoms with E-state index in [9.17, 15) is 4.79 Å². The zero-order valence-corrected chi connectivity index (χ0v) is 7.74. The van der Waals surface area contributed by atoms with Crippen molar-refractivity contribution in [3.8, 4) is 0 Å². The number of aromatic nitrogens is 2. The minimum atomic E-state index is -0.208. The minimum Gasteiger partial charge on any atom is -0.405 e. The number of nitrogen functional groups attached to an aromatic ring is 1. The summed E-state index contributed by atoms with van der Waals surface area (Å²) >= 11 is 0. The van der Waals surface area contributed by atoms with Crippen LogP contribution >= 0.6 is 0 Å². The average molecular weight is 182 g/mol. The summed E-state index contributed by atoms with van der Waals surface area (Å²) in [5, 5.41) is 0. The number of nitrogens with two attached hydrogens (primary N) is 2. The van der Waals surface area contributed by atoms with E-state index in [2.05, 4.69) is 4.98 Å². The Morgan fingerprint density at radius 3 is 2.54 bits per heavy atom. The topological polar surface area (TPSA) is 89.8 Å². The number of imidazole rings is 1. The molecule has 5 N–H and O–H groups in total. The van der Waals surface area contributed by atoms with Crippen LogP contribution in [0.5, 0.6) is 0 Å². The largest absolute Gasteiger partial charge is 0.405 e.